The maximum atomic E-state index is 11.7. The molecule has 1 saturated carbocycles. The van der Waals surface area contributed by atoms with E-state index in [-0.39, 0.29) is 24.8 Å². The van der Waals surface area contributed by atoms with Crippen molar-refractivity contribution in [2.24, 2.45) is 0 Å². The summed E-state index contributed by atoms with van der Waals surface area (Å²) in [4.78, 5) is 21.4. The molecule has 11 nitrogen and oxygen atoms in total. The SMILES string of the molecule is COC1(C(=O)[O-])CCC(c2nc(Nc3cc(C)[nH]n3)c3cnn(COCC[Si](C)(C)C)c3n2)CC1.[Li+]. The molecule has 190 valence electrons. The predicted octanol–water partition coefficient (Wildman–Crippen LogP) is -0.290. The number of aromatic nitrogens is 6. The summed E-state index contributed by atoms with van der Waals surface area (Å²) in [6, 6.07) is 2.96. The Hall–Kier alpha value is -2.24. The van der Waals surface area contributed by atoms with Crippen LogP contribution in [-0.2, 0) is 21.0 Å². The normalized spacial score (nSPS) is 20.3. The fourth-order valence-electron chi connectivity index (χ4n) is 4.31. The number of nitrogens with one attached hydrogen (secondary N) is 2. The second kappa shape index (κ2) is 11.4. The molecule has 1 aliphatic rings. The minimum Gasteiger partial charge on any atom is -0.547 e. The van der Waals surface area contributed by atoms with Crippen molar-refractivity contribution in [3.63, 3.8) is 0 Å². The topological polar surface area (TPSA) is 143 Å². The Balaban J connectivity index is 0.00000361. The van der Waals surface area contributed by atoms with E-state index in [9.17, 15) is 9.90 Å². The van der Waals surface area contributed by atoms with Gasteiger partial charge in [0.05, 0.1) is 17.6 Å². The van der Waals surface area contributed by atoms with Crippen LogP contribution in [0.2, 0.25) is 25.7 Å². The number of nitrogens with zero attached hydrogens (tertiary/aromatic N) is 5. The molecule has 4 rings (SSSR count). The molecule has 0 unspecified atom stereocenters. The average molecular weight is 508 g/mol. The van der Waals surface area contributed by atoms with E-state index in [1.165, 1.54) is 7.11 Å². The second-order valence-corrected chi connectivity index (χ2v) is 16.1. The molecule has 1 aliphatic carbocycles. The molecule has 2 N–H and O–H groups in total. The molecule has 0 aliphatic heterocycles. The van der Waals surface area contributed by atoms with Crippen molar-refractivity contribution in [3.8, 4) is 0 Å². The number of aryl methyl sites for hydroxylation is 1. The van der Waals surface area contributed by atoms with Crippen molar-refractivity contribution < 1.29 is 38.2 Å². The van der Waals surface area contributed by atoms with E-state index in [1.807, 2.05) is 13.0 Å². The first-order chi connectivity index (χ1) is 16.6. The van der Waals surface area contributed by atoms with E-state index in [0.717, 1.165) is 17.1 Å². The van der Waals surface area contributed by atoms with Gasteiger partial charge in [0, 0.05) is 39.5 Å². The van der Waals surface area contributed by atoms with Gasteiger partial charge in [-0.05, 0) is 38.7 Å². The monoisotopic (exact) mass is 507 g/mol. The fraction of sp³-hybridized carbons (Fsp3) is 0.609. The molecule has 0 aromatic carbocycles. The number of rotatable bonds is 10. The first-order valence-electron chi connectivity index (χ1n) is 12.0. The molecule has 36 heavy (non-hydrogen) atoms. The summed E-state index contributed by atoms with van der Waals surface area (Å²) in [5.41, 5.74) is 0.344. The summed E-state index contributed by atoms with van der Waals surface area (Å²) in [6.07, 6.45) is 3.58. The third-order valence-corrected chi connectivity index (χ3v) is 8.30. The Kier molecular flexibility index (Phi) is 9.00. The smallest absolute Gasteiger partial charge is 0.547 e. The molecule has 0 bridgehead atoms. The predicted molar refractivity (Wildman–Crippen MR) is 132 cm³/mol. The molecule has 3 aromatic heterocycles. The van der Waals surface area contributed by atoms with E-state index in [1.54, 1.807) is 10.9 Å². The Morgan fingerprint density at radius 2 is 2.03 bits per heavy atom. The Labute approximate surface area is 223 Å². The molecule has 1 fully saturated rings. The van der Waals surface area contributed by atoms with Gasteiger partial charge in [0.1, 0.15) is 24.0 Å². The number of fused-ring (bicyclic) bond motifs is 1. The number of carboxylic acid groups (broad SMARTS) is 1. The zero-order valence-electron chi connectivity index (χ0n) is 22.1. The van der Waals surface area contributed by atoms with E-state index in [4.69, 9.17) is 19.4 Å². The van der Waals surface area contributed by atoms with E-state index >= 15 is 0 Å². The van der Waals surface area contributed by atoms with Crippen LogP contribution < -0.4 is 29.3 Å². The van der Waals surface area contributed by atoms with Crippen molar-refractivity contribution in [2.45, 2.75) is 76.5 Å². The molecule has 0 radical (unpaired) electrons. The van der Waals surface area contributed by atoms with Gasteiger partial charge in [-0.3, -0.25) is 5.10 Å². The van der Waals surface area contributed by atoms with Crippen LogP contribution in [0, 0.1) is 6.92 Å². The standard InChI is InChI=1S/C23H35N7O4Si.Li/c1-15-12-18(29-28-15)25-20-17-13-24-30(14-34-10-11-35(3,4)5)21(17)27-19(26-20)16-6-8-23(33-2,9-7-16)22(31)32;/h12-13,16H,6-11,14H2,1-5H3,(H,31,32)(H2,25,26,27,28,29);/q;+1/p-1. The summed E-state index contributed by atoms with van der Waals surface area (Å²) in [6.45, 7) is 9.85. The minimum atomic E-state index is -1.25. The average Bonchev–Trinajstić information content (AvgIpc) is 3.41. The zero-order chi connectivity index (χ0) is 25.2. The Morgan fingerprint density at radius 3 is 2.61 bits per heavy atom. The largest absolute Gasteiger partial charge is 1.00 e. The number of hydrogen-bond donors (Lipinski definition) is 2. The van der Waals surface area contributed by atoms with Gasteiger partial charge in [-0.25, -0.2) is 14.6 Å². The number of methoxy groups -OCH3 is 1. The quantitative estimate of drug-likeness (QED) is 0.279. The molecule has 3 aromatic rings. The summed E-state index contributed by atoms with van der Waals surface area (Å²) in [5, 5.41) is 27.4. The number of H-pyrrole nitrogens is 1. The van der Waals surface area contributed by atoms with Crippen LogP contribution in [0.5, 0.6) is 0 Å². The molecule has 0 saturated heterocycles. The molecule has 3 heterocycles. The van der Waals surface area contributed by atoms with Crippen LogP contribution in [0.4, 0.5) is 11.6 Å². The van der Waals surface area contributed by atoms with Crippen LogP contribution in [0.15, 0.2) is 12.3 Å². The first kappa shape index (κ1) is 28.3. The fourth-order valence-corrected chi connectivity index (χ4v) is 5.07. The number of anilines is 2. The maximum absolute atomic E-state index is 11.7. The molecule has 0 atom stereocenters. The number of carbonyl (C=O) groups is 1. The van der Waals surface area contributed by atoms with E-state index < -0.39 is 19.6 Å². The zero-order valence-corrected chi connectivity index (χ0v) is 23.1. The Morgan fingerprint density at radius 1 is 1.31 bits per heavy atom. The molecule has 13 heteroatoms. The third kappa shape index (κ3) is 6.36. The van der Waals surface area contributed by atoms with Crippen molar-refractivity contribution >= 4 is 36.7 Å². The van der Waals surface area contributed by atoms with Crippen molar-refractivity contribution in [1.29, 1.82) is 0 Å². The van der Waals surface area contributed by atoms with Crippen molar-refractivity contribution in [1.82, 2.24) is 29.9 Å². The molecule has 0 spiro atoms. The first-order valence-corrected chi connectivity index (χ1v) is 15.7. The molecule has 0 amide bonds. The number of ether oxygens (including phenoxy) is 2. The van der Waals surface area contributed by atoms with Crippen LogP contribution >= 0.6 is 0 Å². The van der Waals surface area contributed by atoms with Gasteiger partial charge in [0.25, 0.3) is 0 Å². The van der Waals surface area contributed by atoms with Gasteiger partial charge in [-0.2, -0.15) is 10.2 Å². The number of carbonyl (C=O) groups excluding carboxylic acids is 1. The second-order valence-electron chi connectivity index (χ2n) is 10.5. The third-order valence-electron chi connectivity index (χ3n) is 6.60. The van der Waals surface area contributed by atoms with Gasteiger partial charge in [0.15, 0.2) is 11.5 Å². The van der Waals surface area contributed by atoms with E-state index in [0.29, 0.717) is 62.1 Å². The van der Waals surface area contributed by atoms with Crippen molar-refractivity contribution in [3.05, 3.63) is 23.8 Å². The number of carboxylic acids is 1. The van der Waals surface area contributed by atoms with Crippen LogP contribution in [-0.4, -0.2) is 63.3 Å². The molecular formula is C23H34LiN7O4Si. The Bertz CT molecular complexity index is 1190. The maximum Gasteiger partial charge on any atom is 1.00 e. The number of aromatic amines is 1. The van der Waals surface area contributed by atoms with Crippen LogP contribution in [0.25, 0.3) is 11.0 Å². The van der Waals surface area contributed by atoms with Gasteiger partial charge in [0.2, 0.25) is 0 Å². The summed E-state index contributed by atoms with van der Waals surface area (Å²) in [5.74, 6) is 0.707. The number of aliphatic carboxylic acids is 1. The summed E-state index contributed by atoms with van der Waals surface area (Å²) >= 11 is 0. The van der Waals surface area contributed by atoms with Gasteiger partial charge in [-0.15, -0.1) is 0 Å². The van der Waals surface area contributed by atoms with Gasteiger partial charge >= 0.3 is 18.9 Å². The van der Waals surface area contributed by atoms with Crippen molar-refractivity contribution in [2.75, 3.05) is 19.0 Å². The summed E-state index contributed by atoms with van der Waals surface area (Å²) in [7, 11) is 0.229. The van der Waals surface area contributed by atoms with Crippen LogP contribution in [0.3, 0.4) is 0 Å². The summed E-state index contributed by atoms with van der Waals surface area (Å²) < 4.78 is 13.0. The van der Waals surface area contributed by atoms with Gasteiger partial charge in [-0.1, -0.05) is 19.6 Å². The van der Waals surface area contributed by atoms with E-state index in [2.05, 4.69) is 40.3 Å². The molecular weight excluding hydrogens is 473 g/mol. The number of hydrogen-bond acceptors (Lipinski definition) is 9. The minimum absolute atomic E-state index is 0. The van der Waals surface area contributed by atoms with Gasteiger partial charge < -0.3 is 24.7 Å². The van der Waals surface area contributed by atoms with Crippen LogP contribution in [0.1, 0.15) is 43.1 Å².